The van der Waals surface area contributed by atoms with Crippen molar-refractivity contribution in [2.45, 2.75) is 26.4 Å². The van der Waals surface area contributed by atoms with Crippen LogP contribution in [-0.4, -0.2) is 39.8 Å². The van der Waals surface area contributed by atoms with Crippen LogP contribution in [0.5, 0.6) is 0 Å². The van der Waals surface area contributed by atoms with Crippen molar-refractivity contribution in [2.75, 3.05) is 11.9 Å². The lowest BCUT2D eigenvalue weighted by atomic mass is 10.2. The molecule has 0 saturated carbocycles. The minimum atomic E-state index is -1.46. The molecule has 7 nitrogen and oxygen atoms in total. The monoisotopic (exact) mass is 273 g/mol. The Balaban J connectivity index is 2.32. The number of nitrogens with zero attached hydrogens (tertiary/aromatic N) is 1. The Morgan fingerprint density at radius 2 is 2.11 bits per heavy atom. The Kier molecular flexibility index (Phi) is 5.05. The van der Waals surface area contributed by atoms with E-state index in [-0.39, 0.29) is 13.0 Å². The predicted octanol–water partition coefficient (Wildman–Crippen LogP) is 0.717. The summed E-state index contributed by atoms with van der Waals surface area (Å²) in [5.41, 5.74) is 0.858. The number of aliphatic hydroxyl groups is 1. The number of rotatable bonds is 5. The molecule has 1 aromatic heterocycles. The van der Waals surface area contributed by atoms with E-state index in [9.17, 15) is 9.59 Å². The van der Waals surface area contributed by atoms with Crippen LogP contribution < -0.4 is 10.6 Å². The van der Waals surface area contributed by atoms with Crippen molar-refractivity contribution in [1.29, 1.82) is 0 Å². The Labute approximate surface area is 108 Å². The Hall–Kier alpha value is -1.67. The maximum atomic E-state index is 11.4. The van der Waals surface area contributed by atoms with Gasteiger partial charge in [0.15, 0.2) is 11.2 Å². The van der Waals surface area contributed by atoms with E-state index >= 15 is 0 Å². The lowest BCUT2D eigenvalue weighted by molar-refractivity contribution is -0.146. The van der Waals surface area contributed by atoms with Crippen molar-refractivity contribution in [3.05, 3.63) is 10.6 Å². The Morgan fingerprint density at radius 3 is 2.61 bits per heavy atom. The van der Waals surface area contributed by atoms with Gasteiger partial charge in [-0.05, 0) is 13.8 Å². The fraction of sp³-hybridized carbons (Fsp3) is 0.500. The molecule has 1 rings (SSSR count). The van der Waals surface area contributed by atoms with E-state index in [1.807, 2.05) is 13.8 Å². The van der Waals surface area contributed by atoms with E-state index in [0.717, 1.165) is 10.6 Å². The van der Waals surface area contributed by atoms with Crippen molar-refractivity contribution in [1.82, 2.24) is 10.3 Å². The maximum Gasteiger partial charge on any atom is 0.332 e. The lowest BCUT2D eigenvalue weighted by Crippen LogP contribution is -2.33. The van der Waals surface area contributed by atoms with Crippen molar-refractivity contribution in [3.63, 3.8) is 0 Å². The average molecular weight is 273 g/mol. The number of aryl methyl sites for hydroxylation is 2. The van der Waals surface area contributed by atoms with Gasteiger partial charge in [0.1, 0.15) is 0 Å². The van der Waals surface area contributed by atoms with E-state index in [1.54, 1.807) is 0 Å². The first-order valence-corrected chi connectivity index (χ1v) is 6.11. The fourth-order valence-corrected chi connectivity index (χ4v) is 1.92. The molecule has 1 heterocycles. The zero-order valence-electron chi connectivity index (χ0n) is 10.1. The molecule has 0 aliphatic heterocycles. The van der Waals surface area contributed by atoms with Gasteiger partial charge in [-0.15, -0.1) is 11.3 Å². The number of hydrogen-bond donors (Lipinski definition) is 4. The molecule has 2 amide bonds. The van der Waals surface area contributed by atoms with E-state index < -0.39 is 18.1 Å². The van der Waals surface area contributed by atoms with Crippen LogP contribution in [0.3, 0.4) is 0 Å². The minimum Gasteiger partial charge on any atom is -0.479 e. The van der Waals surface area contributed by atoms with Gasteiger partial charge in [0.25, 0.3) is 0 Å². The van der Waals surface area contributed by atoms with Gasteiger partial charge in [0.2, 0.25) is 0 Å². The highest BCUT2D eigenvalue weighted by Gasteiger charge is 2.13. The molecule has 0 bridgehead atoms. The van der Waals surface area contributed by atoms with Gasteiger partial charge in [-0.1, -0.05) is 0 Å². The zero-order valence-corrected chi connectivity index (χ0v) is 10.9. The lowest BCUT2D eigenvalue weighted by Gasteiger charge is -2.07. The van der Waals surface area contributed by atoms with Crippen LogP contribution in [0.4, 0.5) is 9.93 Å². The van der Waals surface area contributed by atoms with Crippen molar-refractivity contribution >= 4 is 28.5 Å². The van der Waals surface area contributed by atoms with E-state index in [1.165, 1.54) is 11.3 Å². The molecule has 0 fully saturated rings. The molecule has 1 unspecified atom stereocenters. The standard InChI is InChI=1S/C10H15N3O4S/c1-5-6(2)18-10(12-5)13-9(17)11-4-3-7(14)8(15)16/h7,14H,3-4H2,1-2H3,(H,15,16)(H2,11,12,13,17). The number of carbonyl (C=O) groups excluding carboxylic acids is 1. The first-order chi connectivity index (χ1) is 8.40. The third-order valence-electron chi connectivity index (χ3n) is 2.24. The molecule has 8 heteroatoms. The van der Waals surface area contributed by atoms with Gasteiger partial charge < -0.3 is 15.5 Å². The number of urea groups is 1. The number of carbonyl (C=O) groups is 2. The summed E-state index contributed by atoms with van der Waals surface area (Å²) in [4.78, 5) is 26.9. The first kappa shape index (κ1) is 14.4. The third-order valence-corrected chi connectivity index (χ3v) is 3.23. The number of nitrogens with one attached hydrogen (secondary N) is 2. The number of anilines is 1. The summed E-state index contributed by atoms with van der Waals surface area (Å²) in [5, 5.41) is 22.9. The van der Waals surface area contributed by atoms with Gasteiger partial charge in [0, 0.05) is 17.8 Å². The van der Waals surface area contributed by atoms with Crippen LogP contribution in [0.2, 0.25) is 0 Å². The smallest absolute Gasteiger partial charge is 0.332 e. The van der Waals surface area contributed by atoms with Crippen LogP contribution in [0.15, 0.2) is 0 Å². The molecule has 0 aliphatic carbocycles. The molecule has 4 N–H and O–H groups in total. The molecule has 100 valence electrons. The molecule has 0 spiro atoms. The summed E-state index contributed by atoms with van der Waals surface area (Å²) in [6.45, 7) is 3.82. The number of aromatic nitrogens is 1. The number of aliphatic carboxylic acids is 1. The van der Waals surface area contributed by atoms with Crippen LogP contribution in [-0.2, 0) is 4.79 Å². The van der Waals surface area contributed by atoms with Gasteiger partial charge in [-0.3, -0.25) is 5.32 Å². The second-order valence-electron chi connectivity index (χ2n) is 3.68. The molecule has 0 aromatic carbocycles. The van der Waals surface area contributed by atoms with E-state index in [4.69, 9.17) is 10.2 Å². The predicted molar refractivity (Wildman–Crippen MR) is 66.9 cm³/mol. The number of aliphatic hydroxyl groups excluding tert-OH is 1. The quantitative estimate of drug-likeness (QED) is 0.631. The van der Waals surface area contributed by atoms with Gasteiger partial charge in [0.05, 0.1) is 5.69 Å². The molecular weight excluding hydrogens is 258 g/mol. The second-order valence-corrected chi connectivity index (χ2v) is 4.89. The summed E-state index contributed by atoms with van der Waals surface area (Å²) in [6.07, 6.45) is -1.51. The Bertz CT molecular complexity index is 427. The fourth-order valence-electron chi connectivity index (χ4n) is 1.11. The molecule has 1 atom stereocenters. The summed E-state index contributed by atoms with van der Waals surface area (Å²) < 4.78 is 0. The molecular formula is C10H15N3O4S. The summed E-state index contributed by atoms with van der Waals surface area (Å²) in [6, 6.07) is -0.471. The summed E-state index contributed by atoms with van der Waals surface area (Å²) in [5.74, 6) is -1.30. The molecule has 18 heavy (non-hydrogen) atoms. The topological polar surface area (TPSA) is 112 Å². The van der Waals surface area contributed by atoms with Crippen molar-refractivity contribution < 1.29 is 19.8 Å². The number of amides is 2. The third kappa shape index (κ3) is 4.30. The number of hydrogen-bond acceptors (Lipinski definition) is 5. The summed E-state index contributed by atoms with van der Waals surface area (Å²) in [7, 11) is 0. The molecule has 0 radical (unpaired) electrons. The van der Waals surface area contributed by atoms with Crippen LogP contribution in [0, 0.1) is 13.8 Å². The van der Waals surface area contributed by atoms with Gasteiger partial charge in [-0.25, -0.2) is 14.6 Å². The average Bonchev–Trinajstić information content (AvgIpc) is 2.57. The summed E-state index contributed by atoms with van der Waals surface area (Å²) >= 11 is 1.36. The van der Waals surface area contributed by atoms with Crippen molar-refractivity contribution in [3.8, 4) is 0 Å². The Morgan fingerprint density at radius 1 is 1.44 bits per heavy atom. The molecule has 0 aliphatic rings. The second kappa shape index (κ2) is 6.31. The van der Waals surface area contributed by atoms with Crippen molar-refractivity contribution in [2.24, 2.45) is 0 Å². The maximum absolute atomic E-state index is 11.4. The number of thiazole rings is 1. The van der Waals surface area contributed by atoms with Crippen LogP contribution in [0.1, 0.15) is 17.0 Å². The SMILES string of the molecule is Cc1nc(NC(=O)NCCC(O)C(=O)O)sc1C. The van der Waals surface area contributed by atoms with E-state index in [0.29, 0.717) is 5.13 Å². The van der Waals surface area contributed by atoms with Gasteiger partial charge >= 0.3 is 12.0 Å². The van der Waals surface area contributed by atoms with Crippen LogP contribution >= 0.6 is 11.3 Å². The highest BCUT2D eigenvalue weighted by atomic mass is 32.1. The van der Waals surface area contributed by atoms with Gasteiger partial charge in [-0.2, -0.15) is 0 Å². The highest BCUT2D eigenvalue weighted by molar-refractivity contribution is 7.15. The largest absolute Gasteiger partial charge is 0.479 e. The first-order valence-electron chi connectivity index (χ1n) is 5.30. The zero-order chi connectivity index (χ0) is 13.7. The number of carboxylic acid groups (broad SMARTS) is 1. The molecule has 0 saturated heterocycles. The highest BCUT2D eigenvalue weighted by Crippen LogP contribution is 2.20. The normalized spacial score (nSPS) is 11.9. The van der Waals surface area contributed by atoms with Crippen LogP contribution in [0.25, 0.3) is 0 Å². The molecule has 1 aromatic rings. The van der Waals surface area contributed by atoms with E-state index in [2.05, 4.69) is 15.6 Å². The minimum absolute atomic E-state index is 0.0430. The number of carboxylic acids is 1.